The van der Waals surface area contributed by atoms with Crippen LogP contribution in [0.1, 0.15) is 76.8 Å². The molecule has 2 aliphatic rings. The molecule has 0 spiro atoms. The van der Waals surface area contributed by atoms with Gasteiger partial charge in [-0.2, -0.15) is 0 Å². The SMILES string of the molecule is CCOc1cc(C(C)(C)C)ncc1C1=N[C@@](C)(c2ccc(Cl)cc2)[C@@](C)(c2ccc(Cl)cc2)N1C(=O)N1CCC(OC(=O)N(C)CCS(C)(=O)=O)CC1. The van der Waals surface area contributed by atoms with Gasteiger partial charge in [0.05, 0.1) is 17.9 Å². The highest BCUT2D eigenvalue weighted by Crippen LogP contribution is 2.54. The van der Waals surface area contributed by atoms with Crippen LogP contribution in [0.15, 0.2) is 65.8 Å². The molecule has 14 heteroatoms. The Morgan fingerprint density at radius 2 is 1.55 bits per heavy atom. The van der Waals surface area contributed by atoms with E-state index in [1.165, 1.54) is 11.9 Å². The van der Waals surface area contributed by atoms with Crippen LogP contribution >= 0.6 is 23.2 Å². The Bertz CT molecular complexity index is 1960. The molecule has 0 N–H and O–H groups in total. The fraction of sp³-hybridized carbons (Fsp3) is 0.487. The van der Waals surface area contributed by atoms with E-state index in [0.717, 1.165) is 23.1 Å². The molecule has 1 saturated heterocycles. The molecule has 2 aliphatic heterocycles. The molecule has 0 unspecified atom stereocenters. The first-order chi connectivity index (χ1) is 24.8. The Hall–Kier alpha value is -3.87. The number of ether oxygens (including phenoxy) is 2. The van der Waals surface area contributed by atoms with E-state index in [0.29, 0.717) is 59.7 Å². The first-order valence-corrected chi connectivity index (χ1v) is 20.5. The number of piperidine rings is 1. The van der Waals surface area contributed by atoms with E-state index in [1.54, 1.807) is 16.0 Å². The van der Waals surface area contributed by atoms with Gasteiger partial charge < -0.3 is 19.3 Å². The lowest BCUT2D eigenvalue weighted by Gasteiger charge is -2.47. The number of pyridine rings is 1. The molecule has 11 nitrogen and oxygen atoms in total. The second kappa shape index (κ2) is 15.5. The molecular formula is C39H49Cl2N5O6S. The van der Waals surface area contributed by atoms with Gasteiger partial charge in [0.25, 0.3) is 0 Å². The van der Waals surface area contributed by atoms with Crippen molar-refractivity contribution in [3.63, 3.8) is 0 Å². The average Bonchev–Trinajstić information content (AvgIpc) is 3.34. The van der Waals surface area contributed by atoms with Crippen molar-refractivity contribution in [1.82, 2.24) is 19.7 Å². The summed E-state index contributed by atoms with van der Waals surface area (Å²) in [6, 6.07) is 16.6. The number of aromatic nitrogens is 1. The number of likely N-dealkylation sites (tertiary alicyclic amines) is 1. The molecule has 0 radical (unpaired) electrons. The highest BCUT2D eigenvalue weighted by atomic mass is 35.5. The van der Waals surface area contributed by atoms with Gasteiger partial charge in [0.1, 0.15) is 38.6 Å². The molecule has 286 valence electrons. The molecule has 2 aromatic carbocycles. The van der Waals surface area contributed by atoms with Crippen molar-refractivity contribution in [2.24, 2.45) is 4.99 Å². The van der Waals surface area contributed by atoms with E-state index in [-0.39, 0.29) is 23.7 Å². The zero-order valence-electron chi connectivity index (χ0n) is 31.7. The molecule has 53 heavy (non-hydrogen) atoms. The van der Waals surface area contributed by atoms with Gasteiger partial charge in [0.2, 0.25) is 0 Å². The number of amidine groups is 1. The fourth-order valence-corrected chi connectivity index (χ4v) is 7.65. The van der Waals surface area contributed by atoms with Gasteiger partial charge in [-0.15, -0.1) is 0 Å². The first kappa shape index (κ1) is 40.3. The molecule has 0 bridgehead atoms. The number of hydrogen-bond donors (Lipinski definition) is 0. The van der Waals surface area contributed by atoms with Crippen molar-refractivity contribution in [2.45, 2.75) is 77.0 Å². The quantitative estimate of drug-likeness (QED) is 0.218. The summed E-state index contributed by atoms with van der Waals surface area (Å²) in [5, 5.41) is 1.13. The van der Waals surface area contributed by atoms with Crippen molar-refractivity contribution >= 4 is 51.0 Å². The van der Waals surface area contributed by atoms with Gasteiger partial charge in [-0.05, 0) is 56.2 Å². The molecule has 1 aromatic heterocycles. The maximum atomic E-state index is 15.2. The summed E-state index contributed by atoms with van der Waals surface area (Å²) in [4.78, 5) is 43.1. The number of halogens is 2. The summed E-state index contributed by atoms with van der Waals surface area (Å²) in [7, 11) is -1.73. The lowest BCUT2D eigenvalue weighted by Crippen LogP contribution is -2.59. The van der Waals surface area contributed by atoms with Crippen LogP contribution in [0.4, 0.5) is 9.59 Å². The average molecular weight is 787 g/mol. The van der Waals surface area contributed by atoms with Gasteiger partial charge in [0.15, 0.2) is 0 Å². The summed E-state index contributed by atoms with van der Waals surface area (Å²) in [5.41, 5.74) is 0.665. The molecule has 0 aliphatic carbocycles. The van der Waals surface area contributed by atoms with Crippen LogP contribution in [0, 0.1) is 0 Å². The smallest absolute Gasteiger partial charge is 0.409 e. The number of sulfone groups is 1. The zero-order valence-corrected chi connectivity index (χ0v) is 34.0. The third-order valence-electron chi connectivity index (χ3n) is 10.2. The van der Waals surface area contributed by atoms with Gasteiger partial charge in [-0.25, -0.2) is 18.0 Å². The van der Waals surface area contributed by atoms with Crippen LogP contribution in [-0.2, 0) is 31.1 Å². The summed E-state index contributed by atoms with van der Waals surface area (Å²) in [6.45, 7) is 13.2. The highest BCUT2D eigenvalue weighted by molar-refractivity contribution is 7.90. The maximum Gasteiger partial charge on any atom is 0.409 e. The predicted octanol–water partition coefficient (Wildman–Crippen LogP) is 7.68. The first-order valence-electron chi connectivity index (χ1n) is 17.7. The number of hydrogen-bond acceptors (Lipinski definition) is 8. The number of aliphatic imine (C=N–C) groups is 1. The fourth-order valence-electron chi connectivity index (χ4n) is 6.79. The van der Waals surface area contributed by atoms with Crippen molar-refractivity contribution in [3.8, 4) is 5.75 Å². The molecule has 3 amide bonds. The number of carbonyl (C=O) groups is 2. The lowest BCUT2D eigenvalue weighted by atomic mass is 9.71. The molecule has 0 saturated carbocycles. The second-order valence-corrected chi connectivity index (χ2v) is 18.2. The summed E-state index contributed by atoms with van der Waals surface area (Å²) < 4.78 is 35.2. The van der Waals surface area contributed by atoms with Crippen molar-refractivity contribution < 1.29 is 27.5 Å². The summed E-state index contributed by atoms with van der Waals surface area (Å²) in [5.74, 6) is 0.808. The largest absolute Gasteiger partial charge is 0.493 e. The Balaban J connectivity index is 1.58. The monoisotopic (exact) mass is 785 g/mol. The van der Waals surface area contributed by atoms with Crippen LogP contribution in [0.25, 0.3) is 0 Å². The second-order valence-electron chi connectivity index (χ2n) is 15.1. The standard InChI is InChI=1S/C39H49Cl2N5O6S/c1-9-51-32-24-33(37(2,3)4)42-25-31(32)34-43-38(5,26-10-14-28(40)15-11-26)39(6,27-12-16-29(41)17-13-27)46(34)35(47)45-20-18-30(19-21-45)52-36(48)44(7)22-23-53(8,49)50/h10-17,24-25,30H,9,18-23H2,1-8H3/t38-,39+/m0/s1. The predicted molar refractivity (Wildman–Crippen MR) is 209 cm³/mol. The number of urea groups is 1. The van der Waals surface area contributed by atoms with Crippen LogP contribution in [0.3, 0.4) is 0 Å². The number of carbonyl (C=O) groups excluding carboxylic acids is 2. The van der Waals surface area contributed by atoms with Gasteiger partial charge in [-0.1, -0.05) is 68.2 Å². The van der Waals surface area contributed by atoms with E-state index in [9.17, 15) is 13.2 Å². The topological polar surface area (TPSA) is 122 Å². The minimum absolute atomic E-state index is 0.0249. The summed E-state index contributed by atoms with van der Waals surface area (Å²) in [6.07, 6.45) is 2.62. The van der Waals surface area contributed by atoms with Crippen LogP contribution in [0.2, 0.25) is 10.0 Å². The van der Waals surface area contributed by atoms with E-state index in [2.05, 4.69) is 20.8 Å². The number of rotatable bonds is 9. The van der Waals surface area contributed by atoms with E-state index >= 15 is 4.79 Å². The number of nitrogens with zero attached hydrogens (tertiary/aromatic N) is 5. The zero-order chi connectivity index (χ0) is 38.9. The van der Waals surface area contributed by atoms with Gasteiger partial charge in [-0.3, -0.25) is 14.9 Å². The Kier molecular flexibility index (Phi) is 11.8. The number of benzene rings is 2. The Morgan fingerprint density at radius 1 is 0.981 bits per heavy atom. The van der Waals surface area contributed by atoms with E-state index in [1.807, 2.05) is 75.4 Å². The summed E-state index contributed by atoms with van der Waals surface area (Å²) >= 11 is 12.8. The third-order valence-corrected chi connectivity index (χ3v) is 11.6. The van der Waals surface area contributed by atoms with Crippen molar-refractivity contribution in [3.05, 3.63) is 93.2 Å². The minimum Gasteiger partial charge on any atom is -0.493 e. The molecule has 2 atom stereocenters. The molecule has 3 aromatic rings. The van der Waals surface area contributed by atoms with Crippen LogP contribution in [-0.4, -0.2) is 97.5 Å². The van der Waals surface area contributed by atoms with Gasteiger partial charge >= 0.3 is 12.1 Å². The minimum atomic E-state index is -3.24. The van der Waals surface area contributed by atoms with Crippen LogP contribution < -0.4 is 4.74 Å². The number of amides is 3. The molecule has 5 rings (SSSR count). The normalized spacial score (nSPS) is 21.0. The lowest BCUT2D eigenvalue weighted by molar-refractivity contribution is 0.0337. The van der Waals surface area contributed by atoms with E-state index in [4.69, 9.17) is 42.7 Å². The van der Waals surface area contributed by atoms with Crippen LogP contribution in [0.5, 0.6) is 5.75 Å². The van der Waals surface area contributed by atoms with Crippen molar-refractivity contribution in [2.75, 3.05) is 45.3 Å². The molecule has 3 heterocycles. The van der Waals surface area contributed by atoms with E-state index < -0.39 is 33.1 Å². The van der Waals surface area contributed by atoms with Gasteiger partial charge in [0, 0.05) is 79.2 Å². The third kappa shape index (κ3) is 8.44. The molecular weight excluding hydrogens is 737 g/mol. The molecule has 1 fully saturated rings. The Morgan fingerprint density at radius 3 is 2.08 bits per heavy atom. The highest BCUT2D eigenvalue weighted by Gasteiger charge is 2.60. The maximum absolute atomic E-state index is 15.2. The van der Waals surface area contributed by atoms with Crippen molar-refractivity contribution in [1.29, 1.82) is 0 Å². The Labute approximate surface area is 323 Å².